The molecule has 0 unspecified atom stereocenters. The quantitative estimate of drug-likeness (QED) is 0.688. The summed E-state index contributed by atoms with van der Waals surface area (Å²) in [6.07, 6.45) is 4.01. The van der Waals surface area contributed by atoms with Gasteiger partial charge in [-0.15, -0.1) is 0 Å². The van der Waals surface area contributed by atoms with Gasteiger partial charge in [0.05, 0.1) is 6.54 Å². The Labute approximate surface area is 185 Å². The predicted molar refractivity (Wildman–Crippen MR) is 120 cm³/mol. The first kappa shape index (κ1) is 22.1. The van der Waals surface area contributed by atoms with Gasteiger partial charge in [0.25, 0.3) is 5.91 Å². The van der Waals surface area contributed by atoms with Crippen molar-refractivity contribution in [3.8, 4) is 5.75 Å². The van der Waals surface area contributed by atoms with Crippen LogP contribution in [0.15, 0.2) is 18.2 Å². The molecular formula is C24H36N4O3. The minimum Gasteiger partial charge on any atom is -0.483 e. The van der Waals surface area contributed by atoms with Crippen LogP contribution < -0.4 is 4.74 Å². The van der Waals surface area contributed by atoms with E-state index in [2.05, 4.69) is 9.80 Å². The zero-order valence-corrected chi connectivity index (χ0v) is 19.0. The fourth-order valence-electron chi connectivity index (χ4n) is 4.63. The lowest BCUT2D eigenvalue weighted by atomic mass is 9.91. The average molecular weight is 429 g/mol. The Morgan fingerprint density at radius 2 is 1.55 bits per heavy atom. The molecule has 2 amide bonds. The van der Waals surface area contributed by atoms with Gasteiger partial charge in [-0.05, 0) is 43.9 Å². The minimum absolute atomic E-state index is 0.0130. The fraction of sp³-hybridized carbons (Fsp3) is 0.667. The smallest absolute Gasteiger partial charge is 0.260 e. The molecule has 1 aliphatic carbocycles. The van der Waals surface area contributed by atoms with Crippen molar-refractivity contribution in [1.29, 1.82) is 0 Å². The van der Waals surface area contributed by atoms with Crippen LogP contribution in [0, 0.1) is 13.8 Å². The summed E-state index contributed by atoms with van der Waals surface area (Å²) in [6, 6.07) is 6.79. The zero-order valence-electron chi connectivity index (χ0n) is 19.0. The summed E-state index contributed by atoms with van der Waals surface area (Å²) >= 11 is 0. The van der Waals surface area contributed by atoms with E-state index in [0.717, 1.165) is 62.2 Å². The van der Waals surface area contributed by atoms with Crippen molar-refractivity contribution in [2.45, 2.75) is 39.2 Å². The van der Waals surface area contributed by atoms with Crippen LogP contribution in [0.4, 0.5) is 0 Å². The van der Waals surface area contributed by atoms with E-state index in [-0.39, 0.29) is 18.4 Å². The summed E-state index contributed by atoms with van der Waals surface area (Å²) in [5, 5.41) is 0. The number of amides is 2. The number of hydrogen-bond donors (Lipinski definition) is 0. The monoisotopic (exact) mass is 428 g/mol. The van der Waals surface area contributed by atoms with Crippen LogP contribution in [-0.2, 0) is 9.59 Å². The molecule has 170 valence electrons. The van der Waals surface area contributed by atoms with Gasteiger partial charge in [-0.3, -0.25) is 19.4 Å². The highest BCUT2D eigenvalue weighted by Gasteiger charge is 2.30. The Morgan fingerprint density at radius 1 is 0.903 bits per heavy atom. The molecule has 2 saturated heterocycles. The molecule has 0 bridgehead atoms. The molecule has 31 heavy (non-hydrogen) atoms. The number of carbonyl (C=O) groups excluding carboxylic acids is 2. The van der Waals surface area contributed by atoms with Crippen LogP contribution in [-0.4, -0.2) is 103 Å². The maximum atomic E-state index is 12.7. The second kappa shape index (κ2) is 10.0. The topological polar surface area (TPSA) is 56.3 Å². The summed E-state index contributed by atoms with van der Waals surface area (Å²) in [4.78, 5) is 33.9. The van der Waals surface area contributed by atoms with Gasteiger partial charge in [-0.1, -0.05) is 18.6 Å². The highest BCUT2D eigenvalue weighted by molar-refractivity contribution is 5.79. The third kappa shape index (κ3) is 5.57. The molecule has 1 aromatic rings. The first-order chi connectivity index (χ1) is 15.0. The number of benzene rings is 1. The lowest BCUT2D eigenvalue weighted by Gasteiger charge is -2.43. The first-order valence-electron chi connectivity index (χ1n) is 11.7. The van der Waals surface area contributed by atoms with E-state index >= 15 is 0 Å². The van der Waals surface area contributed by atoms with E-state index in [1.165, 1.54) is 19.3 Å². The van der Waals surface area contributed by atoms with E-state index in [1.807, 2.05) is 41.8 Å². The molecule has 0 N–H and O–H groups in total. The fourth-order valence-corrected chi connectivity index (χ4v) is 4.63. The van der Waals surface area contributed by atoms with Crippen LogP contribution in [0.25, 0.3) is 0 Å². The Kier molecular flexibility index (Phi) is 7.13. The van der Waals surface area contributed by atoms with Gasteiger partial charge in [-0.2, -0.15) is 0 Å². The first-order valence-corrected chi connectivity index (χ1v) is 11.7. The molecule has 3 aliphatic rings. The largest absolute Gasteiger partial charge is 0.483 e. The molecular weight excluding hydrogens is 392 g/mol. The number of nitrogens with zero attached hydrogens (tertiary/aromatic N) is 4. The highest BCUT2D eigenvalue weighted by atomic mass is 16.5. The molecule has 7 nitrogen and oxygen atoms in total. The molecule has 0 atom stereocenters. The number of ether oxygens (including phenoxy) is 1. The van der Waals surface area contributed by atoms with Crippen molar-refractivity contribution < 1.29 is 14.3 Å². The van der Waals surface area contributed by atoms with Crippen molar-refractivity contribution in [2.24, 2.45) is 0 Å². The second-order valence-electron chi connectivity index (χ2n) is 9.22. The SMILES string of the molecule is Cc1ccc(C)c(OCC(=O)N2CCN(CC(=O)N3CCN(C4CCC4)CC3)CC2)c1. The van der Waals surface area contributed by atoms with E-state index in [9.17, 15) is 9.59 Å². The van der Waals surface area contributed by atoms with Crippen molar-refractivity contribution in [1.82, 2.24) is 19.6 Å². The van der Waals surface area contributed by atoms with Crippen LogP contribution >= 0.6 is 0 Å². The molecule has 1 aromatic carbocycles. The molecule has 7 heteroatoms. The third-order valence-corrected chi connectivity index (χ3v) is 7.04. The zero-order chi connectivity index (χ0) is 21.8. The molecule has 0 aromatic heterocycles. The van der Waals surface area contributed by atoms with Crippen molar-refractivity contribution >= 4 is 11.8 Å². The molecule has 3 fully saturated rings. The van der Waals surface area contributed by atoms with Crippen molar-refractivity contribution in [2.75, 3.05) is 65.5 Å². The second-order valence-corrected chi connectivity index (χ2v) is 9.22. The third-order valence-electron chi connectivity index (χ3n) is 7.04. The van der Waals surface area contributed by atoms with Crippen LogP contribution in [0.2, 0.25) is 0 Å². The summed E-state index contributed by atoms with van der Waals surface area (Å²) in [5.41, 5.74) is 2.16. The van der Waals surface area contributed by atoms with Gasteiger partial charge in [0.2, 0.25) is 5.91 Å². The number of carbonyl (C=O) groups is 2. The summed E-state index contributed by atoms with van der Waals surface area (Å²) in [6.45, 7) is 11.0. The van der Waals surface area contributed by atoms with Gasteiger partial charge in [0, 0.05) is 58.4 Å². The lowest BCUT2D eigenvalue weighted by Crippen LogP contribution is -2.56. The van der Waals surface area contributed by atoms with Gasteiger partial charge < -0.3 is 14.5 Å². The van der Waals surface area contributed by atoms with E-state index in [0.29, 0.717) is 19.6 Å². The van der Waals surface area contributed by atoms with Crippen molar-refractivity contribution in [3.05, 3.63) is 29.3 Å². The van der Waals surface area contributed by atoms with Gasteiger partial charge in [-0.25, -0.2) is 0 Å². The minimum atomic E-state index is 0.0130. The Morgan fingerprint density at radius 3 is 2.19 bits per heavy atom. The van der Waals surface area contributed by atoms with Crippen LogP contribution in [0.3, 0.4) is 0 Å². The predicted octanol–water partition coefficient (Wildman–Crippen LogP) is 1.52. The Hall–Kier alpha value is -2.12. The maximum Gasteiger partial charge on any atom is 0.260 e. The Balaban J connectivity index is 1.16. The van der Waals surface area contributed by atoms with Crippen LogP contribution in [0.1, 0.15) is 30.4 Å². The molecule has 2 aliphatic heterocycles. The summed E-state index contributed by atoms with van der Waals surface area (Å²) < 4.78 is 5.77. The maximum absolute atomic E-state index is 12.7. The lowest BCUT2D eigenvalue weighted by molar-refractivity contribution is -0.137. The molecule has 2 heterocycles. The summed E-state index contributed by atoms with van der Waals surface area (Å²) in [7, 11) is 0. The van der Waals surface area contributed by atoms with E-state index < -0.39 is 0 Å². The van der Waals surface area contributed by atoms with Gasteiger partial charge in [0.15, 0.2) is 6.61 Å². The average Bonchev–Trinajstić information content (AvgIpc) is 2.74. The Bertz CT molecular complexity index is 779. The van der Waals surface area contributed by atoms with Crippen LogP contribution in [0.5, 0.6) is 5.75 Å². The standard InChI is InChI=1S/C24H36N4O3/c1-19-6-7-20(2)22(16-19)31-18-24(30)28-10-8-25(9-11-28)17-23(29)27-14-12-26(13-15-27)21-4-3-5-21/h6-7,16,21H,3-5,8-15,17-18H2,1-2H3. The number of hydrogen-bond acceptors (Lipinski definition) is 5. The van der Waals surface area contributed by atoms with Crippen molar-refractivity contribution in [3.63, 3.8) is 0 Å². The van der Waals surface area contributed by atoms with Gasteiger partial charge in [0.1, 0.15) is 5.75 Å². The van der Waals surface area contributed by atoms with Gasteiger partial charge >= 0.3 is 0 Å². The molecule has 0 radical (unpaired) electrons. The normalized spacial score (nSPS) is 21.1. The van der Waals surface area contributed by atoms with E-state index in [4.69, 9.17) is 4.74 Å². The molecule has 1 saturated carbocycles. The number of aryl methyl sites for hydroxylation is 2. The van der Waals surface area contributed by atoms with E-state index in [1.54, 1.807) is 0 Å². The number of piperazine rings is 2. The summed E-state index contributed by atoms with van der Waals surface area (Å²) in [5.74, 6) is 1.01. The molecule has 0 spiro atoms. The highest BCUT2D eigenvalue weighted by Crippen LogP contribution is 2.25. The molecule has 4 rings (SSSR count). The number of rotatable bonds is 6.